The highest BCUT2D eigenvalue weighted by Crippen LogP contribution is 2.21. The van der Waals surface area contributed by atoms with Crippen molar-refractivity contribution in [3.05, 3.63) is 40.5 Å². The lowest BCUT2D eigenvalue weighted by Crippen LogP contribution is -2.47. The minimum absolute atomic E-state index is 0.136. The first-order valence-electron chi connectivity index (χ1n) is 11.5. The molecular formula is C23H34N6OS. The van der Waals surface area contributed by atoms with Gasteiger partial charge in [-0.05, 0) is 58.3 Å². The predicted molar refractivity (Wildman–Crippen MR) is 126 cm³/mol. The third-order valence-corrected chi connectivity index (χ3v) is 7.25. The summed E-state index contributed by atoms with van der Waals surface area (Å²) in [5, 5.41) is 2.94. The average Bonchev–Trinajstić information content (AvgIpc) is 3.20. The van der Waals surface area contributed by atoms with E-state index in [1.807, 2.05) is 12.1 Å². The van der Waals surface area contributed by atoms with E-state index in [0.29, 0.717) is 24.3 Å². The normalized spacial score (nSPS) is 19.5. The Bertz CT molecular complexity index is 834. The lowest BCUT2D eigenvalue weighted by molar-refractivity contribution is 0.0946. The number of nitrogens with zero attached hydrogens (tertiary/aromatic N) is 5. The standard InChI is InChI=1S/C23H34N6OS/c1-18(2)27-11-7-19(8-12-27)28-9-4-10-29(14-13-28)22-6-3-5-21(26-22)23(30)25-16-20-15-24-17-31-20/h3,5-6,15,17-19H,4,7-14,16H2,1-2H3,(H,25,30). The molecule has 7 nitrogen and oxygen atoms in total. The number of aromatic nitrogens is 2. The topological polar surface area (TPSA) is 64.6 Å². The second-order valence-electron chi connectivity index (χ2n) is 8.77. The summed E-state index contributed by atoms with van der Waals surface area (Å²) in [6.07, 6.45) is 5.45. The Kier molecular flexibility index (Phi) is 7.53. The van der Waals surface area contributed by atoms with Gasteiger partial charge in [-0.1, -0.05) is 6.07 Å². The molecule has 1 amide bonds. The first kappa shape index (κ1) is 22.2. The third kappa shape index (κ3) is 5.81. The number of carbonyl (C=O) groups is 1. The highest BCUT2D eigenvalue weighted by molar-refractivity contribution is 7.09. The van der Waals surface area contributed by atoms with Crippen molar-refractivity contribution in [2.75, 3.05) is 44.2 Å². The molecule has 1 N–H and O–H groups in total. The van der Waals surface area contributed by atoms with Crippen LogP contribution in [0.25, 0.3) is 0 Å². The molecule has 2 aliphatic rings. The Balaban J connectivity index is 1.32. The van der Waals surface area contributed by atoms with E-state index >= 15 is 0 Å². The molecule has 4 heterocycles. The van der Waals surface area contributed by atoms with Crippen LogP contribution in [-0.4, -0.2) is 77.0 Å². The van der Waals surface area contributed by atoms with Crippen LogP contribution in [0.15, 0.2) is 29.9 Å². The van der Waals surface area contributed by atoms with Gasteiger partial charge in [0.1, 0.15) is 11.5 Å². The molecule has 0 aromatic carbocycles. The molecule has 31 heavy (non-hydrogen) atoms. The van der Waals surface area contributed by atoms with Crippen LogP contribution in [-0.2, 0) is 6.54 Å². The van der Waals surface area contributed by atoms with Gasteiger partial charge >= 0.3 is 0 Å². The maximum atomic E-state index is 12.6. The highest BCUT2D eigenvalue weighted by atomic mass is 32.1. The number of anilines is 1. The van der Waals surface area contributed by atoms with Crippen molar-refractivity contribution in [2.45, 2.75) is 51.7 Å². The molecule has 0 atom stereocenters. The van der Waals surface area contributed by atoms with Crippen molar-refractivity contribution in [1.29, 1.82) is 0 Å². The van der Waals surface area contributed by atoms with Crippen LogP contribution in [0.4, 0.5) is 5.82 Å². The first-order chi connectivity index (χ1) is 15.1. The van der Waals surface area contributed by atoms with Crippen molar-refractivity contribution >= 4 is 23.1 Å². The Morgan fingerprint density at radius 2 is 2.00 bits per heavy atom. The van der Waals surface area contributed by atoms with Crippen LogP contribution in [0.1, 0.15) is 48.5 Å². The zero-order valence-corrected chi connectivity index (χ0v) is 19.5. The summed E-state index contributed by atoms with van der Waals surface area (Å²) in [4.78, 5) is 29.9. The lowest BCUT2D eigenvalue weighted by Gasteiger charge is -2.39. The van der Waals surface area contributed by atoms with E-state index in [0.717, 1.165) is 43.3 Å². The molecule has 0 bridgehead atoms. The van der Waals surface area contributed by atoms with Crippen LogP contribution in [0.5, 0.6) is 0 Å². The number of likely N-dealkylation sites (tertiary alicyclic amines) is 1. The number of hydrogen-bond donors (Lipinski definition) is 1. The minimum Gasteiger partial charge on any atom is -0.355 e. The van der Waals surface area contributed by atoms with Crippen LogP contribution >= 0.6 is 11.3 Å². The second-order valence-corrected chi connectivity index (χ2v) is 9.74. The Morgan fingerprint density at radius 1 is 1.16 bits per heavy atom. The molecule has 0 spiro atoms. The van der Waals surface area contributed by atoms with Crippen LogP contribution in [0.2, 0.25) is 0 Å². The minimum atomic E-state index is -0.136. The molecule has 2 aromatic heterocycles. The van der Waals surface area contributed by atoms with Gasteiger partial charge in [0.2, 0.25) is 0 Å². The zero-order chi connectivity index (χ0) is 21.6. The fraction of sp³-hybridized carbons (Fsp3) is 0.609. The number of pyridine rings is 1. The SMILES string of the molecule is CC(C)N1CCC(N2CCCN(c3cccc(C(=O)NCc4cncs4)n3)CC2)CC1. The Hall–Kier alpha value is -2.03. The van der Waals surface area contributed by atoms with E-state index in [4.69, 9.17) is 0 Å². The van der Waals surface area contributed by atoms with Crippen LogP contribution < -0.4 is 10.2 Å². The summed E-state index contributed by atoms with van der Waals surface area (Å²) >= 11 is 1.54. The van der Waals surface area contributed by atoms with Gasteiger partial charge in [0.05, 0.1) is 12.1 Å². The predicted octanol–water partition coefficient (Wildman–Crippen LogP) is 2.85. The molecule has 2 aliphatic heterocycles. The van der Waals surface area contributed by atoms with E-state index in [9.17, 15) is 4.79 Å². The van der Waals surface area contributed by atoms with Gasteiger partial charge in [-0.3, -0.25) is 14.7 Å². The quantitative estimate of drug-likeness (QED) is 0.742. The summed E-state index contributed by atoms with van der Waals surface area (Å²) < 4.78 is 0. The third-order valence-electron chi connectivity index (χ3n) is 6.47. The number of rotatable bonds is 6. The number of piperidine rings is 1. The first-order valence-corrected chi connectivity index (χ1v) is 12.3. The number of thiazole rings is 1. The fourth-order valence-corrected chi connectivity index (χ4v) is 5.15. The number of carbonyl (C=O) groups excluding carboxylic acids is 1. The Labute approximate surface area is 189 Å². The van der Waals surface area contributed by atoms with E-state index < -0.39 is 0 Å². The van der Waals surface area contributed by atoms with Crippen molar-refractivity contribution in [3.8, 4) is 0 Å². The van der Waals surface area contributed by atoms with Crippen molar-refractivity contribution in [2.24, 2.45) is 0 Å². The lowest BCUT2D eigenvalue weighted by atomic mass is 10.0. The Morgan fingerprint density at radius 3 is 2.74 bits per heavy atom. The van der Waals surface area contributed by atoms with Crippen molar-refractivity contribution in [3.63, 3.8) is 0 Å². The van der Waals surface area contributed by atoms with Gasteiger partial charge < -0.3 is 15.1 Å². The molecule has 4 rings (SSSR count). The highest BCUT2D eigenvalue weighted by Gasteiger charge is 2.27. The molecule has 0 radical (unpaired) electrons. The summed E-state index contributed by atoms with van der Waals surface area (Å²) in [6, 6.07) is 7.10. The molecule has 2 saturated heterocycles. The molecule has 2 fully saturated rings. The monoisotopic (exact) mass is 442 g/mol. The zero-order valence-electron chi connectivity index (χ0n) is 18.7. The summed E-state index contributed by atoms with van der Waals surface area (Å²) in [5.74, 6) is 0.769. The van der Waals surface area contributed by atoms with Gasteiger partial charge in [0.15, 0.2) is 0 Å². The number of nitrogens with one attached hydrogen (secondary N) is 1. The van der Waals surface area contributed by atoms with Crippen LogP contribution in [0.3, 0.4) is 0 Å². The van der Waals surface area contributed by atoms with Gasteiger partial charge in [0.25, 0.3) is 5.91 Å². The number of hydrogen-bond acceptors (Lipinski definition) is 7. The van der Waals surface area contributed by atoms with E-state index in [1.54, 1.807) is 17.8 Å². The molecule has 8 heteroatoms. The maximum absolute atomic E-state index is 12.6. The number of amides is 1. The van der Waals surface area contributed by atoms with Crippen molar-refractivity contribution in [1.82, 2.24) is 25.1 Å². The van der Waals surface area contributed by atoms with Gasteiger partial charge in [-0.15, -0.1) is 11.3 Å². The van der Waals surface area contributed by atoms with Gasteiger partial charge in [-0.2, -0.15) is 0 Å². The summed E-state index contributed by atoms with van der Waals surface area (Å²) in [6.45, 7) is 11.7. The van der Waals surface area contributed by atoms with E-state index in [-0.39, 0.29) is 5.91 Å². The average molecular weight is 443 g/mol. The molecule has 0 unspecified atom stereocenters. The fourth-order valence-electron chi connectivity index (χ4n) is 4.61. The van der Waals surface area contributed by atoms with E-state index in [2.05, 4.69) is 43.8 Å². The van der Waals surface area contributed by atoms with Gasteiger partial charge in [0, 0.05) is 49.3 Å². The van der Waals surface area contributed by atoms with Crippen molar-refractivity contribution < 1.29 is 4.79 Å². The molecule has 168 valence electrons. The van der Waals surface area contributed by atoms with Gasteiger partial charge in [-0.25, -0.2) is 4.98 Å². The molecule has 0 saturated carbocycles. The largest absolute Gasteiger partial charge is 0.355 e. The molecular weight excluding hydrogens is 408 g/mol. The summed E-state index contributed by atoms with van der Waals surface area (Å²) in [7, 11) is 0. The smallest absolute Gasteiger partial charge is 0.270 e. The van der Waals surface area contributed by atoms with Crippen LogP contribution in [0, 0.1) is 0 Å². The second kappa shape index (κ2) is 10.5. The molecule has 0 aliphatic carbocycles. The van der Waals surface area contributed by atoms with E-state index in [1.165, 1.54) is 37.3 Å². The molecule has 2 aromatic rings. The summed E-state index contributed by atoms with van der Waals surface area (Å²) in [5.41, 5.74) is 2.25. The maximum Gasteiger partial charge on any atom is 0.270 e.